The second-order valence-corrected chi connectivity index (χ2v) is 6.89. The second-order valence-electron chi connectivity index (χ2n) is 5.72. The van der Waals surface area contributed by atoms with Gasteiger partial charge in [0.1, 0.15) is 0 Å². The maximum atomic E-state index is 4.14. The van der Waals surface area contributed by atoms with Crippen molar-refractivity contribution in [2.24, 2.45) is 0 Å². The quantitative estimate of drug-likeness (QED) is 0.803. The first-order chi connectivity index (χ1) is 10.9. The van der Waals surface area contributed by atoms with Crippen LogP contribution in [-0.2, 0) is 6.54 Å². The van der Waals surface area contributed by atoms with Crippen LogP contribution in [0.5, 0.6) is 0 Å². The Morgan fingerprint density at radius 1 is 1.18 bits per heavy atom. The molecule has 0 spiro atoms. The van der Waals surface area contributed by atoms with Gasteiger partial charge < -0.3 is 5.32 Å². The number of hydrogen-bond acceptors (Lipinski definition) is 4. The molecule has 1 aromatic carbocycles. The number of nitrogens with zero attached hydrogens (tertiary/aromatic N) is 2. The average molecular weight is 309 g/mol. The van der Waals surface area contributed by atoms with Crippen molar-refractivity contribution >= 4 is 21.4 Å². The molecule has 0 amide bonds. The lowest BCUT2D eigenvalue weighted by atomic mass is 10.0. The largest absolute Gasteiger partial charge is 0.314 e. The maximum absolute atomic E-state index is 4.14. The number of hydrogen-bond donors (Lipinski definition) is 1. The first kappa shape index (κ1) is 13.9. The van der Waals surface area contributed by atoms with Crippen molar-refractivity contribution in [3.63, 3.8) is 0 Å². The summed E-state index contributed by atoms with van der Waals surface area (Å²) in [5.41, 5.74) is 1.35. The van der Waals surface area contributed by atoms with Gasteiger partial charge in [0.25, 0.3) is 0 Å². The zero-order valence-corrected chi connectivity index (χ0v) is 13.2. The van der Waals surface area contributed by atoms with Gasteiger partial charge >= 0.3 is 0 Å². The Bertz CT molecular complexity index is 720. The van der Waals surface area contributed by atoms with E-state index in [0.717, 1.165) is 26.2 Å². The molecule has 22 heavy (non-hydrogen) atoms. The molecule has 1 fully saturated rings. The molecule has 0 radical (unpaired) electrons. The summed E-state index contributed by atoms with van der Waals surface area (Å²) in [6.45, 7) is 4.18. The van der Waals surface area contributed by atoms with Crippen molar-refractivity contribution in [3.05, 3.63) is 65.3 Å². The Labute approximate surface area is 134 Å². The van der Waals surface area contributed by atoms with Gasteiger partial charge in [0.05, 0.1) is 0 Å². The number of rotatable bonds is 3. The summed E-state index contributed by atoms with van der Waals surface area (Å²) in [5.74, 6) is 0. The highest BCUT2D eigenvalue weighted by Gasteiger charge is 2.24. The molecule has 2 aromatic heterocycles. The summed E-state index contributed by atoms with van der Waals surface area (Å²) >= 11 is 1.91. The molecule has 1 saturated heterocycles. The van der Waals surface area contributed by atoms with Gasteiger partial charge in [-0.3, -0.25) is 9.88 Å². The minimum absolute atomic E-state index is 0.432. The van der Waals surface area contributed by atoms with Crippen LogP contribution in [0.2, 0.25) is 0 Å². The van der Waals surface area contributed by atoms with Crippen molar-refractivity contribution in [1.82, 2.24) is 15.2 Å². The summed E-state index contributed by atoms with van der Waals surface area (Å²) in [4.78, 5) is 8.17. The average Bonchev–Trinajstić information content (AvgIpc) is 2.98. The van der Waals surface area contributed by atoms with E-state index in [1.807, 2.05) is 23.7 Å². The summed E-state index contributed by atoms with van der Waals surface area (Å²) in [5, 5.41) is 4.88. The molecule has 3 aromatic rings. The molecule has 4 rings (SSSR count). The molecule has 4 heteroatoms. The lowest BCUT2D eigenvalue weighted by Gasteiger charge is -2.36. The van der Waals surface area contributed by atoms with Crippen LogP contribution in [0.1, 0.15) is 16.5 Å². The van der Waals surface area contributed by atoms with Gasteiger partial charge in [-0.05, 0) is 35.2 Å². The molecule has 3 heterocycles. The van der Waals surface area contributed by atoms with Gasteiger partial charge in [-0.25, -0.2) is 0 Å². The molecule has 0 saturated carbocycles. The fourth-order valence-corrected chi connectivity index (χ4v) is 4.25. The third-order valence-corrected chi connectivity index (χ3v) is 5.38. The lowest BCUT2D eigenvalue weighted by Crippen LogP contribution is -2.45. The monoisotopic (exact) mass is 309 g/mol. The molecule has 1 aliphatic rings. The second kappa shape index (κ2) is 6.16. The fraction of sp³-hybridized carbons (Fsp3) is 0.278. The smallest absolute Gasteiger partial charge is 0.0478 e. The molecule has 3 nitrogen and oxygen atoms in total. The Morgan fingerprint density at radius 2 is 2.05 bits per heavy atom. The van der Waals surface area contributed by atoms with Crippen LogP contribution < -0.4 is 5.32 Å². The van der Waals surface area contributed by atoms with E-state index in [-0.39, 0.29) is 0 Å². The summed E-state index contributed by atoms with van der Waals surface area (Å²) in [7, 11) is 0. The van der Waals surface area contributed by atoms with E-state index >= 15 is 0 Å². The predicted octanol–water partition coefficient (Wildman–Crippen LogP) is 3.44. The Morgan fingerprint density at radius 3 is 2.91 bits per heavy atom. The highest BCUT2D eigenvalue weighted by molar-refractivity contribution is 7.19. The van der Waals surface area contributed by atoms with Gasteiger partial charge in [0.15, 0.2) is 0 Å². The molecular weight excluding hydrogens is 290 g/mol. The van der Waals surface area contributed by atoms with Crippen molar-refractivity contribution in [2.75, 3.05) is 19.6 Å². The van der Waals surface area contributed by atoms with Crippen LogP contribution in [0.15, 0.2) is 54.9 Å². The number of thiophene rings is 1. The maximum Gasteiger partial charge on any atom is 0.0478 e. The first-order valence-corrected chi connectivity index (χ1v) is 8.54. The standard InChI is InChI=1S/C18H19N3S/c1-2-4-18-15(3-1)11-16(22-18)13-21-10-9-20-12-17(21)14-5-7-19-8-6-14/h1-8,11,17,20H,9-10,12-13H2. The third kappa shape index (κ3) is 2.77. The van der Waals surface area contributed by atoms with Crippen molar-refractivity contribution in [3.8, 4) is 0 Å². The number of fused-ring (bicyclic) bond motifs is 1. The molecule has 1 unspecified atom stereocenters. The molecule has 0 aliphatic carbocycles. The van der Waals surface area contributed by atoms with Crippen LogP contribution in [0.25, 0.3) is 10.1 Å². The number of piperazine rings is 1. The SMILES string of the molecule is c1ccc2sc(CN3CCNCC3c3ccncc3)cc2c1. The topological polar surface area (TPSA) is 28.2 Å². The van der Waals surface area contributed by atoms with E-state index in [1.165, 1.54) is 20.5 Å². The van der Waals surface area contributed by atoms with Crippen LogP contribution in [0.3, 0.4) is 0 Å². The van der Waals surface area contributed by atoms with Gasteiger partial charge in [0, 0.05) is 54.2 Å². The van der Waals surface area contributed by atoms with E-state index < -0.39 is 0 Å². The number of nitrogens with one attached hydrogen (secondary N) is 1. The van der Waals surface area contributed by atoms with E-state index in [1.54, 1.807) is 0 Å². The van der Waals surface area contributed by atoms with E-state index in [2.05, 4.69) is 57.7 Å². The van der Waals surface area contributed by atoms with Crippen molar-refractivity contribution in [2.45, 2.75) is 12.6 Å². The number of benzene rings is 1. The summed E-state index contributed by atoms with van der Waals surface area (Å²) in [6, 6.07) is 15.7. The van der Waals surface area contributed by atoms with Gasteiger partial charge in [-0.15, -0.1) is 11.3 Å². The third-order valence-electron chi connectivity index (χ3n) is 4.28. The zero-order valence-electron chi connectivity index (χ0n) is 12.4. The number of pyridine rings is 1. The lowest BCUT2D eigenvalue weighted by molar-refractivity contribution is 0.155. The van der Waals surface area contributed by atoms with Crippen LogP contribution in [-0.4, -0.2) is 29.5 Å². The normalized spacial score (nSPS) is 19.5. The van der Waals surface area contributed by atoms with Crippen LogP contribution in [0.4, 0.5) is 0 Å². The van der Waals surface area contributed by atoms with Gasteiger partial charge in [-0.2, -0.15) is 0 Å². The van der Waals surface area contributed by atoms with Gasteiger partial charge in [0.2, 0.25) is 0 Å². The van der Waals surface area contributed by atoms with Gasteiger partial charge in [-0.1, -0.05) is 18.2 Å². The Balaban J connectivity index is 1.59. The Hall–Kier alpha value is -1.75. The summed E-state index contributed by atoms with van der Waals surface area (Å²) in [6.07, 6.45) is 3.78. The van der Waals surface area contributed by atoms with Crippen LogP contribution >= 0.6 is 11.3 Å². The molecule has 1 atom stereocenters. The molecule has 0 bridgehead atoms. The summed E-state index contributed by atoms with van der Waals surface area (Å²) < 4.78 is 1.38. The zero-order chi connectivity index (χ0) is 14.8. The highest BCUT2D eigenvalue weighted by atomic mass is 32.1. The predicted molar refractivity (Wildman–Crippen MR) is 92.1 cm³/mol. The molecule has 112 valence electrons. The van der Waals surface area contributed by atoms with Crippen LogP contribution in [0, 0.1) is 0 Å². The first-order valence-electron chi connectivity index (χ1n) is 7.72. The minimum atomic E-state index is 0.432. The highest BCUT2D eigenvalue weighted by Crippen LogP contribution is 2.29. The molecule has 1 N–H and O–H groups in total. The minimum Gasteiger partial charge on any atom is -0.314 e. The number of aromatic nitrogens is 1. The Kier molecular flexibility index (Phi) is 3.89. The van der Waals surface area contributed by atoms with E-state index in [9.17, 15) is 0 Å². The van der Waals surface area contributed by atoms with E-state index in [4.69, 9.17) is 0 Å². The molecule has 1 aliphatic heterocycles. The molecular formula is C18H19N3S. The fourth-order valence-electron chi connectivity index (χ4n) is 3.16. The van der Waals surface area contributed by atoms with E-state index in [0.29, 0.717) is 6.04 Å². The van der Waals surface area contributed by atoms with Crippen molar-refractivity contribution < 1.29 is 0 Å². The van der Waals surface area contributed by atoms with Crippen molar-refractivity contribution in [1.29, 1.82) is 0 Å².